The summed E-state index contributed by atoms with van der Waals surface area (Å²) in [6, 6.07) is 12.4. The molecule has 0 radical (unpaired) electrons. The number of ether oxygens (including phenoxy) is 1. The number of benzene rings is 2. The lowest BCUT2D eigenvalue weighted by atomic mass is 10.0. The van der Waals surface area contributed by atoms with E-state index in [0.29, 0.717) is 37.3 Å². The van der Waals surface area contributed by atoms with Crippen LogP contribution in [0.3, 0.4) is 0 Å². The number of nitriles is 1. The minimum Gasteiger partial charge on any atom is -0.460 e. The van der Waals surface area contributed by atoms with Gasteiger partial charge in [-0.3, -0.25) is 4.79 Å². The Morgan fingerprint density at radius 3 is 2.57 bits per heavy atom. The lowest BCUT2D eigenvalue weighted by molar-refractivity contribution is -0.155. The van der Waals surface area contributed by atoms with Crippen molar-refractivity contribution in [2.24, 2.45) is 0 Å². The zero-order valence-electron chi connectivity index (χ0n) is 20.0. The molecule has 1 atom stereocenters. The number of alkyl halides is 3. The highest BCUT2D eigenvalue weighted by Gasteiger charge is 2.35. The lowest BCUT2D eigenvalue weighted by Gasteiger charge is -2.32. The molecule has 3 rings (SSSR count). The maximum Gasteiger partial charge on any atom is 0.416 e. The number of carbonyl (C=O) groups excluding carboxylic acids is 1. The van der Waals surface area contributed by atoms with Crippen molar-refractivity contribution in [1.29, 1.82) is 5.26 Å². The first-order chi connectivity index (χ1) is 16.4. The van der Waals surface area contributed by atoms with Crippen LogP contribution in [0.2, 0.25) is 5.02 Å². The Kier molecular flexibility index (Phi) is 8.34. The smallest absolute Gasteiger partial charge is 0.416 e. The van der Waals surface area contributed by atoms with Crippen molar-refractivity contribution < 1.29 is 22.7 Å². The van der Waals surface area contributed by atoms with E-state index in [1.165, 1.54) is 12.1 Å². The van der Waals surface area contributed by atoms with E-state index in [4.69, 9.17) is 16.3 Å². The van der Waals surface area contributed by atoms with Crippen molar-refractivity contribution in [1.82, 2.24) is 4.90 Å². The number of anilines is 1. The van der Waals surface area contributed by atoms with E-state index >= 15 is 0 Å². The molecule has 2 aromatic rings. The first kappa shape index (κ1) is 26.8. The van der Waals surface area contributed by atoms with Crippen LogP contribution in [-0.4, -0.2) is 42.1 Å². The summed E-state index contributed by atoms with van der Waals surface area (Å²) in [6.07, 6.45) is -3.52. The summed E-state index contributed by atoms with van der Waals surface area (Å²) in [5, 5.41) is 9.46. The summed E-state index contributed by atoms with van der Waals surface area (Å²) in [6.45, 7) is 7.26. The van der Waals surface area contributed by atoms with Crippen molar-refractivity contribution in [3.05, 3.63) is 64.2 Å². The molecule has 188 valence electrons. The Morgan fingerprint density at radius 2 is 1.94 bits per heavy atom. The molecule has 1 fully saturated rings. The number of hydrogen-bond acceptors (Lipinski definition) is 5. The van der Waals surface area contributed by atoms with Gasteiger partial charge in [0.25, 0.3) is 0 Å². The molecule has 1 aliphatic heterocycles. The second-order valence-electron chi connectivity index (χ2n) is 9.64. The topological polar surface area (TPSA) is 56.6 Å². The van der Waals surface area contributed by atoms with Crippen LogP contribution in [0.1, 0.15) is 50.3 Å². The summed E-state index contributed by atoms with van der Waals surface area (Å²) >= 11 is 6.26. The molecule has 0 amide bonds. The number of esters is 1. The summed E-state index contributed by atoms with van der Waals surface area (Å²) in [5.74, 6) is -0.282. The first-order valence-corrected chi connectivity index (χ1v) is 11.8. The average Bonchev–Trinajstić information content (AvgIpc) is 3.23. The van der Waals surface area contributed by atoms with Crippen molar-refractivity contribution in [3.8, 4) is 6.07 Å². The van der Waals surface area contributed by atoms with Crippen LogP contribution >= 0.6 is 11.6 Å². The molecule has 1 saturated heterocycles. The third-order valence-electron chi connectivity index (χ3n) is 5.81. The lowest BCUT2D eigenvalue weighted by Crippen LogP contribution is -2.38. The van der Waals surface area contributed by atoms with Gasteiger partial charge in [0, 0.05) is 37.9 Å². The molecule has 35 heavy (non-hydrogen) atoms. The predicted molar refractivity (Wildman–Crippen MR) is 129 cm³/mol. The fraction of sp³-hybridized carbons (Fsp3) is 0.462. The van der Waals surface area contributed by atoms with E-state index < -0.39 is 17.3 Å². The molecule has 9 heteroatoms. The molecular weight excluding hydrogens is 479 g/mol. The number of rotatable bonds is 7. The molecule has 0 aliphatic carbocycles. The maximum absolute atomic E-state index is 13.7. The molecule has 1 unspecified atom stereocenters. The minimum absolute atomic E-state index is 0.0302. The Bertz CT molecular complexity index is 1090. The Hall–Kier alpha value is -2.76. The zero-order valence-corrected chi connectivity index (χ0v) is 20.8. The first-order valence-electron chi connectivity index (χ1n) is 11.4. The fourth-order valence-corrected chi connectivity index (χ4v) is 4.45. The molecule has 0 bridgehead atoms. The third-order valence-corrected chi connectivity index (χ3v) is 6.12. The summed E-state index contributed by atoms with van der Waals surface area (Å²) < 4.78 is 46.4. The molecule has 0 spiro atoms. The Labute approximate surface area is 209 Å². The molecule has 0 N–H and O–H groups in total. The van der Waals surface area contributed by atoms with Gasteiger partial charge in [-0.2, -0.15) is 18.4 Å². The average molecular weight is 508 g/mol. The van der Waals surface area contributed by atoms with Gasteiger partial charge in [-0.25, -0.2) is 0 Å². The number of carbonyl (C=O) groups is 1. The van der Waals surface area contributed by atoms with Crippen molar-refractivity contribution >= 4 is 23.3 Å². The monoisotopic (exact) mass is 507 g/mol. The summed E-state index contributed by atoms with van der Waals surface area (Å²) in [5.41, 5.74) is -0.124. The van der Waals surface area contributed by atoms with Crippen LogP contribution in [-0.2, 0) is 22.3 Å². The van der Waals surface area contributed by atoms with Gasteiger partial charge in [-0.05, 0) is 57.0 Å². The van der Waals surface area contributed by atoms with E-state index in [1.807, 2.05) is 31.7 Å². The van der Waals surface area contributed by atoms with Crippen LogP contribution in [0.25, 0.3) is 0 Å². The minimum atomic E-state index is -4.47. The fourth-order valence-electron chi connectivity index (χ4n) is 4.23. The molecule has 0 saturated carbocycles. The van der Waals surface area contributed by atoms with E-state index in [0.717, 1.165) is 6.07 Å². The van der Waals surface area contributed by atoms with E-state index in [-0.39, 0.29) is 35.6 Å². The van der Waals surface area contributed by atoms with E-state index in [1.54, 1.807) is 24.3 Å². The largest absolute Gasteiger partial charge is 0.460 e. The molecule has 2 aromatic carbocycles. The highest BCUT2D eigenvalue weighted by Crippen LogP contribution is 2.35. The zero-order chi connectivity index (χ0) is 25.8. The standard InChI is InChI=1S/C26H29ClF3N3O2/c1-25(2,3)35-24(34)11-13-32-12-10-21(17-32)33(20-9-8-18(15-31)23(27)14-20)16-19-6-4-5-7-22(19)26(28,29)30/h4-9,14,21H,10-13,16-17H2,1-3H3. The van der Waals surface area contributed by atoms with Crippen molar-refractivity contribution in [3.63, 3.8) is 0 Å². The third kappa shape index (κ3) is 7.36. The second kappa shape index (κ2) is 10.9. The van der Waals surface area contributed by atoms with Gasteiger partial charge in [0.15, 0.2) is 0 Å². The molecule has 1 aliphatic rings. The molecule has 1 heterocycles. The van der Waals surface area contributed by atoms with Crippen LogP contribution in [0.5, 0.6) is 0 Å². The van der Waals surface area contributed by atoms with Gasteiger partial charge in [0.2, 0.25) is 0 Å². The van der Waals surface area contributed by atoms with Crippen LogP contribution in [0.4, 0.5) is 18.9 Å². The van der Waals surface area contributed by atoms with Crippen molar-refractivity contribution in [2.45, 2.75) is 58.0 Å². The normalized spacial score (nSPS) is 16.7. The summed E-state index contributed by atoms with van der Waals surface area (Å²) in [7, 11) is 0. The summed E-state index contributed by atoms with van der Waals surface area (Å²) in [4.78, 5) is 16.1. The number of nitrogens with zero attached hydrogens (tertiary/aromatic N) is 3. The van der Waals surface area contributed by atoms with Gasteiger partial charge in [0.1, 0.15) is 11.7 Å². The van der Waals surface area contributed by atoms with Crippen LogP contribution in [0.15, 0.2) is 42.5 Å². The van der Waals surface area contributed by atoms with Crippen molar-refractivity contribution in [2.75, 3.05) is 24.5 Å². The molecule has 0 aromatic heterocycles. The van der Waals surface area contributed by atoms with Gasteiger partial charge in [-0.1, -0.05) is 29.8 Å². The maximum atomic E-state index is 13.7. The van der Waals surface area contributed by atoms with Gasteiger partial charge >= 0.3 is 12.1 Å². The SMILES string of the molecule is CC(C)(C)OC(=O)CCN1CCC(N(Cc2ccccc2C(F)(F)F)c2ccc(C#N)c(Cl)c2)C1. The highest BCUT2D eigenvalue weighted by atomic mass is 35.5. The number of likely N-dealkylation sites (tertiary alicyclic amines) is 1. The quantitative estimate of drug-likeness (QED) is 0.427. The van der Waals surface area contributed by atoms with Crippen LogP contribution < -0.4 is 4.90 Å². The van der Waals surface area contributed by atoms with E-state index in [2.05, 4.69) is 4.90 Å². The number of hydrogen-bond donors (Lipinski definition) is 0. The predicted octanol–water partition coefficient (Wildman–Crippen LogP) is 6.04. The molecule has 5 nitrogen and oxygen atoms in total. The highest BCUT2D eigenvalue weighted by molar-refractivity contribution is 6.32. The van der Waals surface area contributed by atoms with Gasteiger partial charge < -0.3 is 14.5 Å². The van der Waals surface area contributed by atoms with Crippen LogP contribution in [0, 0.1) is 11.3 Å². The van der Waals surface area contributed by atoms with Gasteiger partial charge in [0.05, 0.1) is 22.6 Å². The molecular formula is C26H29ClF3N3O2. The Balaban J connectivity index is 1.82. The van der Waals surface area contributed by atoms with Gasteiger partial charge in [-0.15, -0.1) is 0 Å². The second-order valence-corrected chi connectivity index (χ2v) is 10.0. The number of halogens is 4. The Morgan fingerprint density at radius 1 is 1.23 bits per heavy atom. The van der Waals surface area contributed by atoms with E-state index in [9.17, 15) is 23.2 Å².